The third-order valence-electron chi connectivity index (χ3n) is 7.08. The normalized spacial score (nSPS) is 32.5. The van der Waals surface area contributed by atoms with Crippen LogP contribution in [0.25, 0.3) is 0 Å². The lowest BCUT2D eigenvalue weighted by molar-refractivity contribution is 0.00993. The van der Waals surface area contributed by atoms with E-state index in [2.05, 4.69) is 75.0 Å². The molecule has 6 atom stereocenters. The molecule has 6 heteroatoms. The number of ether oxygens (including phenoxy) is 1. The molecule has 0 radical (unpaired) electrons. The Bertz CT molecular complexity index is 860. The topological polar surface area (TPSA) is 74.9 Å². The molecule has 0 amide bonds. The van der Waals surface area contributed by atoms with Gasteiger partial charge >= 0.3 is 0 Å². The summed E-state index contributed by atoms with van der Waals surface area (Å²) in [6.45, 7) is 16.3. The lowest BCUT2D eigenvalue weighted by Gasteiger charge is -2.42. The smallest absolute Gasteiger partial charge is 0.117 e. The highest BCUT2D eigenvalue weighted by Gasteiger charge is 2.46. The van der Waals surface area contributed by atoms with E-state index in [0.717, 1.165) is 36.6 Å². The van der Waals surface area contributed by atoms with Crippen LogP contribution in [-0.2, 0) is 4.74 Å². The standard InChI is InChI=1S/C25H39N5O/c1-14-10-8-9-11-30(14)23(15(2)26)22-21-17-12-20(31-7)18(25(4,5)6)13-19(17)29-24(21)28-16(3)27-22/h8,10,13,15-18,20,23,28-29H,1,9,11-12,26H2,2-7H3. The number of nitrogens with one attached hydrogen (secondary N) is 2. The van der Waals surface area contributed by atoms with Crippen molar-refractivity contribution in [2.45, 2.75) is 71.8 Å². The summed E-state index contributed by atoms with van der Waals surface area (Å²) >= 11 is 0. The predicted octanol–water partition coefficient (Wildman–Crippen LogP) is 3.26. The van der Waals surface area contributed by atoms with Gasteiger partial charge in [0.05, 0.1) is 17.9 Å². The molecule has 0 saturated carbocycles. The van der Waals surface area contributed by atoms with E-state index >= 15 is 0 Å². The molecule has 4 aliphatic rings. The summed E-state index contributed by atoms with van der Waals surface area (Å²) < 4.78 is 6.00. The second-order valence-corrected chi connectivity index (χ2v) is 10.5. The first-order valence-electron chi connectivity index (χ1n) is 11.6. The van der Waals surface area contributed by atoms with Crippen molar-refractivity contribution in [2.24, 2.45) is 28.0 Å². The van der Waals surface area contributed by atoms with Crippen molar-refractivity contribution in [1.29, 1.82) is 0 Å². The summed E-state index contributed by atoms with van der Waals surface area (Å²) in [6, 6.07) is -0.0762. The van der Waals surface area contributed by atoms with Crippen LogP contribution in [0.1, 0.15) is 47.5 Å². The average molecular weight is 426 g/mol. The largest absolute Gasteiger partial charge is 0.381 e. The molecule has 4 N–H and O–H groups in total. The second kappa shape index (κ2) is 8.14. The van der Waals surface area contributed by atoms with Gasteiger partial charge in [-0.3, -0.25) is 4.99 Å². The van der Waals surface area contributed by atoms with Crippen molar-refractivity contribution in [1.82, 2.24) is 15.5 Å². The van der Waals surface area contributed by atoms with Gasteiger partial charge in [-0.05, 0) is 38.2 Å². The highest BCUT2D eigenvalue weighted by molar-refractivity contribution is 6.07. The van der Waals surface area contributed by atoms with Gasteiger partial charge in [-0.2, -0.15) is 0 Å². The Labute approximate surface area is 187 Å². The van der Waals surface area contributed by atoms with Gasteiger partial charge in [0.1, 0.15) is 12.0 Å². The summed E-state index contributed by atoms with van der Waals surface area (Å²) in [4.78, 5) is 7.45. The lowest BCUT2D eigenvalue weighted by atomic mass is 9.69. The van der Waals surface area contributed by atoms with Crippen LogP contribution in [0.4, 0.5) is 0 Å². The summed E-state index contributed by atoms with van der Waals surface area (Å²) in [6.07, 6.45) is 8.79. The molecule has 0 saturated heterocycles. The van der Waals surface area contributed by atoms with Crippen molar-refractivity contribution < 1.29 is 4.74 Å². The van der Waals surface area contributed by atoms with Crippen LogP contribution in [0.2, 0.25) is 0 Å². The molecule has 0 spiro atoms. The Morgan fingerprint density at radius 1 is 1.35 bits per heavy atom. The third kappa shape index (κ3) is 3.96. The molecule has 1 aliphatic carbocycles. The van der Waals surface area contributed by atoms with E-state index in [4.69, 9.17) is 15.5 Å². The number of fused-ring (bicyclic) bond motifs is 2. The quantitative estimate of drug-likeness (QED) is 0.645. The Hall–Kier alpha value is -2.05. The highest BCUT2D eigenvalue weighted by Crippen LogP contribution is 2.46. The summed E-state index contributed by atoms with van der Waals surface area (Å²) in [5, 5.41) is 7.27. The van der Waals surface area contributed by atoms with Crippen molar-refractivity contribution in [3.05, 3.63) is 47.6 Å². The summed E-state index contributed by atoms with van der Waals surface area (Å²) in [5.41, 5.74) is 11.4. The first-order chi connectivity index (χ1) is 14.6. The van der Waals surface area contributed by atoms with Crippen molar-refractivity contribution in [3.63, 3.8) is 0 Å². The highest BCUT2D eigenvalue weighted by atomic mass is 16.5. The number of rotatable bonds is 4. The molecule has 0 fully saturated rings. The molecule has 6 unspecified atom stereocenters. The third-order valence-corrected chi connectivity index (χ3v) is 7.08. The number of nitrogens with zero attached hydrogens (tertiary/aromatic N) is 2. The number of allylic oxidation sites excluding steroid dienone is 2. The zero-order chi connectivity index (χ0) is 22.5. The molecule has 6 nitrogen and oxygen atoms in total. The van der Waals surface area contributed by atoms with Crippen LogP contribution in [0.3, 0.4) is 0 Å². The minimum absolute atomic E-state index is 0.00511. The SMILES string of the molecule is C=C1C=CCCN1C(C1=NC(C)NC2=C1C1CC(OC)C(C(C)(C)C)C=C1N2)C(C)N. The number of hydrogen-bond donors (Lipinski definition) is 3. The number of nitrogens with two attached hydrogens (primary N) is 1. The monoisotopic (exact) mass is 425 g/mol. The zero-order valence-electron chi connectivity index (χ0n) is 19.9. The molecule has 0 aromatic heterocycles. The van der Waals surface area contributed by atoms with E-state index in [0.29, 0.717) is 5.92 Å². The zero-order valence-corrected chi connectivity index (χ0v) is 19.9. The second-order valence-electron chi connectivity index (χ2n) is 10.5. The summed E-state index contributed by atoms with van der Waals surface area (Å²) in [5.74, 6) is 1.68. The van der Waals surface area contributed by atoms with Crippen molar-refractivity contribution in [2.75, 3.05) is 13.7 Å². The molecule has 170 valence electrons. The maximum atomic E-state index is 6.60. The van der Waals surface area contributed by atoms with Crippen LogP contribution >= 0.6 is 0 Å². The van der Waals surface area contributed by atoms with Crippen LogP contribution < -0.4 is 16.4 Å². The van der Waals surface area contributed by atoms with E-state index in [-0.39, 0.29) is 35.7 Å². The maximum Gasteiger partial charge on any atom is 0.117 e. The Kier molecular flexibility index (Phi) is 5.81. The number of methoxy groups -OCH3 is 1. The number of hydrogen-bond acceptors (Lipinski definition) is 6. The molecule has 4 rings (SSSR count). The lowest BCUT2D eigenvalue weighted by Crippen LogP contribution is -2.54. The Morgan fingerprint density at radius 3 is 2.71 bits per heavy atom. The summed E-state index contributed by atoms with van der Waals surface area (Å²) in [7, 11) is 1.84. The first kappa shape index (κ1) is 22.2. The average Bonchev–Trinajstić information content (AvgIpc) is 3.04. The van der Waals surface area contributed by atoms with E-state index in [1.807, 2.05) is 7.11 Å². The fourth-order valence-electron chi connectivity index (χ4n) is 5.61. The molecular weight excluding hydrogens is 386 g/mol. The predicted molar refractivity (Wildman–Crippen MR) is 127 cm³/mol. The molecular formula is C25H39N5O. The van der Waals surface area contributed by atoms with Crippen molar-refractivity contribution in [3.8, 4) is 0 Å². The molecule has 31 heavy (non-hydrogen) atoms. The van der Waals surface area contributed by atoms with Crippen LogP contribution in [0.5, 0.6) is 0 Å². The molecule has 0 aromatic carbocycles. The van der Waals surface area contributed by atoms with Gasteiger partial charge in [-0.25, -0.2) is 0 Å². The Morgan fingerprint density at radius 2 is 2.10 bits per heavy atom. The fourth-order valence-corrected chi connectivity index (χ4v) is 5.61. The van der Waals surface area contributed by atoms with Gasteiger partial charge in [0, 0.05) is 48.5 Å². The van der Waals surface area contributed by atoms with Gasteiger partial charge in [0.15, 0.2) is 0 Å². The minimum Gasteiger partial charge on any atom is -0.381 e. The van der Waals surface area contributed by atoms with Gasteiger partial charge in [0.25, 0.3) is 0 Å². The van der Waals surface area contributed by atoms with Gasteiger partial charge < -0.3 is 26.0 Å². The first-order valence-corrected chi connectivity index (χ1v) is 11.6. The minimum atomic E-state index is -0.0711. The fraction of sp³-hybridized carbons (Fsp3) is 0.640. The van der Waals surface area contributed by atoms with E-state index in [9.17, 15) is 0 Å². The number of aliphatic imine (C=N–C) groups is 1. The molecule has 3 aliphatic heterocycles. The molecule has 0 aromatic rings. The van der Waals surface area contributed by atoms with Crippen LogP contribution in [-0.4, -0.2) is 48.6 Å². The molecule has 3 heterocycles. The van der Waals surface area contributed by atoms with E-state index in [1.54, 1.807) is 0 Å². The maximum absolute atomic E-state index is 6.60. The van der Waals surface area contributed by atoms with Gasteiger partial charge in [0.2, 0.25) is 0 Å². The van der Waals surface area contributed by atoms with Gasteiger partial charge in [-0.15, -0.1) is 0 Å². The van der Waals surface area contributed by atoms with Gasteiger partial charge in [-0.1, -0.05) is 39.5 Å². The van der Waals surface area contributed by atoms with Crippen LogP contribution in [0, 0.1) is 17.3 Å². The van der Waals surface area contributed by atoms with E-state index < -0.39 is 0 Å². The van der Waals surface area contributed by atoms with E-state index in [1.165, 1.54) is 11.3 Å². The Balaban J connectivity index is 1.74. The molecule has 0 bridgehead atoms. The van der Waals surface area contributed by atoms with Crippen molar-refractivity contribution >= 4 is 5.71 Å². The van der Waals surface area contributed by atoms with Crippen LogP contribution in [0.15, 0.2) is 52.6 Å².